The highest BCUT2D eigenvalue weighted by Gasteiger charge is 2.17. The van der Waals surface area contributed by atoms with Gasteiger partial charge in [0.05, 0.1) is 17.2 Å². The molecule has 118 valence electrons. The summed E-state index contributed by atoms with van der Waals surface area (Å²) in [5, 5.41) is 20.8. The van der Waals surface area contributed by atoms with E-state index in [2.05, 4.69) is 6.07 Å². The Kier molecular flexibility index (Phi) is 4.17. The normalized spacial score (nSPS) is 10.3. The lowest BCUT2D eigenvalue weighted by Crippen LogP contribution is -2.26. The maximum Gasteiger partial charge on any atom is 0.257 e. The molecule has 24 heavy (non-hydrogen) atoms. The average Bonchev–Trinajstić information content (AvgIpc) is 2.61. The molecule has 4 heteroatoms. The third kappa shape index (κ3) is 3.06. The van der Waals surface area contributed by atoms with E-state index in [0.29, 0.717) is 12.1 Å². The Morgan fingerprint density at radius 3 is 2.33 bits per heavy atom. The molecule has 4 nitrogen and oxygen atoms in total. The van der Waals surface area contributed by atoms with Crippen LogP contribution in [0.15, 0.2) is 60.7 Å². The van der Waals surface area contributed by atoms with Crippen molar-refractivity contribution in [3.8, 4) is 11.8 Å². The molecule has 0 aromatic heterocycles. The number of carbonyl (C=O) groups is 1. The monoisotopic (exact) mass is 316 g/mol. The second-order valence-electron chi connectivity index (χ2n) is 5.69. The van der Waals surface area contributed by atoms with Crippen molar-refractivity contribution in [1.82, 2.24) is 4.90 Å². The fourth-order valence-electron chi connectivity index (χ4n) is 2.64. The van der Waals surface area contributed by atoms with E-state index < -0.39 is 0 Å². The van der Waals surface area contributed by atoms with Gasteiger partial charge >= 0.3 is 0 Å². The highest BCUT2D eigenvalue weighted by atomic mass is 16.3. The van der Waals surface area contributed by atoms with Gasteiger partial charge in [-0.1, -0.05) is 36.4 Å². The van der Waals surface area contributed by atoms with Crippen LogP contribution >= 0.6 is 0 Å². The van der Waals surface area contributed by atoms with Crippen LogP contribution in [0.3, 0.4) is 0 Å². The van der Waals surface area contributed by atoms with E-state index >= 15 is 0 Å². The maximum absolute atomic E-state index is 12.7. The van der Waals surface area contributed by atoms with Crippen molar-refractivity contribution in [2.45, 2.75) is 6.54 Å². The average molecular weight is 316 g/mol. The van der Waals surface area contributed by atoms with Crippen molar-refractivity contribution in [2.75, 3.05) is 7.05 Å². The molecule has 0 heterocycles. The molecule has 0 atom stereocenters. The van der Waals surface area contributed by atoms with Gasteiger partial charge in [-0.25, -0.2) is 0 Å². The molecular formula is C20H16N2O2. The van der Waals surface area contributed by atoms with E-state index in [4.69, 9.17) is 5.26 Å². The first-order valence-electron chi connectivity index (χ1n) is 7.55. The van der Waals surface area contributed by atoms with Gasteiger partial charge in [-0.15, -0.1) is 0 Å². The van der Waals surface area contributed by atoms with Gasteiger partial charge in [0.15, 0.2) is 0 Å². The first-order valence-corrected chi connectivity index (χ1v) is 7.55. The van der Waals surface area contributed by atoms with Gasteiger partial charge in [0.25, 0.3) is 5.91 Å². The molecule has 0 unspecified atom stereocenters. The molecule has 3 rings (SSSR count). The van der Waals surface area contributed by atoms with Crippen molar-refractivity contribution in [2.24, 2.45) is 0 Å². The van der Waals surface area contributed by atoms with Crippen LogP contribution in [0, 0.1) is 11.3 Å². The minimum absolute atomic E-state index is 0.0228. The van der Waals surface area contributed by atoms with Gasteiger partial charge < -0.3 is 10.0 Å². The number of rotatable bonds is 3. The largest absolute Gasteiger partial charge is 0.507 e. The van der Waals surface area contributed by atoms with Gasteiger partial charge in [0, 0.05) is 13.6 Å². The Morgan fingerprint density at radius 2 is 1.71 bits per heavy atom. The first-order chi connectivity index (χ1) is 11.6. The summed E-state index contributed by atoms with van der Waals surface area (Å²) in [6.07, 6.45) is 0. The topological polar surface area (TPSA) is 64.3 Å². The third-order valence-electron chi connectivity index (χ3n) is 3.94. The summed E-state index contributed by atoms with van der Waals surface area (Å²) >= 11 is 0. The van der Waals surface area contributed by atoms with Crippen molar-refractivity contribution in [3.63, 3.8) is 0 Å². The molecule has 3 aromatic rings. The fourth-order valence-corrected chi connectivity index (χ4v) is 2.64. The molecule has 0 spiro atoms. The summed E-state index contributed by atoms with van der Waals surface area (Å²) in [6.45, 7) is 0.400. The zero-order valence-corrected chi connectivity index (χ0v) is 13.2. The van der Waals surface area contributed by atoms with E-state index in [0.717, 1.165) is 16.3 Å². The smallest absolute Gasteiger partial charge is 0.257 e. The molecule has 3 aromatic carbocycles. The molecule has 0 aliphatic carbocycles. The van der Waals surface area contributed by atoms with Crippen LogP contribution in [0.2, 0.25) is 0 Å². The predicted molar refractivity (Wildman–Crippen MR) is 92.6 cm³/mol. The first kappa shape index (κ1) is 15.6. The van der Waals surface area contributed by atoms with Gasteiger partial charge in [-0.2, -0.15) is 5.26 Å². The third-order valence-corrected chi connectivity index (χ3v) is 3.94. The number of benzene rings is 3. The standard InChI is InChI=1S/C20H16N2O2/c1-22(13-15-8-6-14(12-21)7-9-15)20(24)18-10-16-4-2-3-5-17(16)11-19(18)23/h2-11,23H,13H2,1H3. The summed E-state index contributed by atoms with van der Waals surface area (Å²) in [7, 11) is 1.69. The number of hydrogen-bond donors (Lipinski definition) is 1. The number of carbonyl (C=O) groups excluding carboxylic acids is 1. The molecule has 0 saturated carbocycles. The highest BCUT2D eigenvalue weighted by molar-refractivity contribution is 6.01. The molecule has 0 fully saturated rings. The van der Waals surface area contributed by atoms with Crippen LogP contribution < -0.4 is 0 Å². The van der Waals surface area contributed by atoms with Gasteiger partial charge in [0.1, 0.15) is 5.75 Å². The minimum atomic E-state index is -0.248. The van der Waals surface area contributed by atoms with Crippen molar-refractivity contribution in [3.05, 3.63) is 77.4 Å². The lowest BCUT2D eigenvalue weighted by Gasteiger charge is -2.18. The van der Waals surface area contributed by atoms with E-state index in [9.17, 15) is 9.90 Å². The number of phenols is 1. The van der Waals surface area contributed by atoms with Crippen molar-refractivity contribution in [1.29, 1.82) is 5.26 Å². The molecule has 0 aliphatic rings. The summed E-state index contributed by atoms with van der Waals surface area (Å²) in [5.74, 6) is -0.270. The van der Waals surface area contributed by atoms with Gasteiger partial charge in [0.2, 0.25) is 0 Å². The van der Waals surface area contributed by atoms with Crippen LogP contribution in [0.1, 0.15) is 21.5 Å². The minimum Gasteiger partial charge on any atom is -0.507 e. The lowest BCUT2D eigenvalue weighted by molar-refractivity contribution is 0.0782. The zero-order chi connectivity index (χ0) is 17.1. The van der Waals surface area contributed by atoms with E-state index in [-0.39, 0.29) is 17.2 Å². The highest BCUT2D eigenvalue weighted by Crippen LogP contribution is 2.26. The van der Waals surface area contributed by atoms with E-state index in [1.54, 1.807) is 36.2 Å². The number of nitrogens with zero attached hydrogens (tertiary/aromatic N) is 2. The Balaban J connectivity index is 1.84. The van der Waals surface area contributed by atoms with Gasteiger partial charge in [-0.05, 0) is 40.6 Å². The quantitative estimate of drug-likeness (QED) is 0.801. The predicted octanol–water partition coefficient (Wildman–Crippen LogP) is 3.69. The summed E-state index contributed by atoms with van der Waals surface area (Å²) in [5.41, 5.74) is 1.79. The number of hydrogen-bond acceptors (Lipinski definition) is 3. The summed E-state index contributed by atoms with van der Waals surface area (Å²) < 4.78 is 0. The second kappa shape index (κ2) is 6.43. The SMILES string of the molecule is CN(Cc1ccc(C#N)cc1)C(=O)c1cc2ccccc2cc1O. The van der Waals surface area contributed by atoms with Crippen molar-refractivity contribution < 1.29 is 9.90 Å². The van der Waals surface area contributed by atoms with E-state index in [1.165, 1.54) is 0 Å². The fraction of sp³-hybridized carbons (Fsp3) is 0.100. The van der Waals surface area contributed by atoms with Gasteiger partial charge in [-0.3, -0.25) is 4.79 Å². The van der Waals surface area contributed by atoms with Crippen molar-refractivity contribution >= 4 is 16.7 Å². The van der Waals surface area contributed by atoms with Crippen LogP contribution in [0.25, 0.3) is 10.8 Å². The van der Waals surface area contributed by atoms with Crippen LogP contribution in [0.5, 0.6) is 5.75 Å². The molecule has 0 saturated heterocycles. The summed E-state index contributed by atoms with van der Waals surface area (Å²) in [4.78, 5) is 14.2. The molecule has 0 bridgehead atoms. The second-order valence-corrected chi connectivity index (χ2v) is 5.69. The Hall–Kier alpha value is -3.32. The van der Waals surface area contributed by atoms with Crippen LogP contribution in [-0.4, -0.2) is 23.0 Å². The summed E-state index contributed by atoms with van der Waals surface area (Å²) in [6, 6.07) is 20.1. The number of fused-ring (bicyclic) bond motifs is 1. The number of amides is 1. The van der Waals surface area contributed by atoms with E-state index in [1.807, 2.05) is 36.4 Å². The molecule has 0 aliphatic heterocycles. The van der Waals surface area contributed by atoms with Crippen LogP contribution in [0.4, 0.5) is 0 Å². The Morgan fingerprint density at radius 1 is 1.08 bits per heavy atom. The molecular weight excluding hydrogens is 300 g/mol. The lowest BCUT2D eigenvalue weighted by atomic mass is 10.0. The molecule has 0 radical (unpaired) electrons. The number of phenolic OH excluding ortho intramolecular Hbond substituents is 1. The Labute approximate surface area is 140 Å². The Bertz CT molecular complexity index is 940. The number of nitriles is 1. The molecule has 1 amide bonds. The number of aromatic hydroxyl groups is 1. The zero-order valence-electron chi connectivity index (χ0n) is 13.2. The van der Waals surface area contributed by atoms with Crippen LogP contribution in [-0.2, 0) is 6.54 Å². The molecule has 1 N–H and O–H groups in total. The maximum atomic E-state index is 12.7.